The highest BCUT2D eigenvalue weighted by Gasteiger charge is 2.33. The molecule has 0 radical (unpaired) electrons. The van der Waals surface area contributed by atoms with Crippen LogP contribution in [0.3, 0.4) is 0 Å². The van der Waals surface area contributed by atoms with Crippen molar-refractivity contribution in [2.75, 3.05) is 13.1 Å². The smallest absolute Gasteiger partial charge is 0.307 e. The fourth-order valence-electron chi connectivity index (χ4n) is 6.97. The van der Waals surface area contributed by atoms with E-state index in [1.807, 2.05) is 74.5 Å². The summed E-state index contributed by atoms with van der Waals surface area (Å²) in [7, 11) is 0. The van der Waals surface area contributed by atoms with Gasteiger partial charge in [-0.3, -0.25) is 44.0 Å². The van der Waals surface area contributed by atoms with Crippen LogP contribution in [-0.2, 0) is 28.7 Å². The summed E-state index contributed by atoms with van der Waals surface area (Å²) < 4.78 is 7.22. The summed E-state index contributed by atoms with van der Waals surface area (Å²) in [6, 6.07) is 17.5. The molecule has 2 aliphatic heterocycles. The first kappa shape index (κ1) is 47.5. The summed E-state index contributed by atoms with van der Waals surface area (Å²) in [6.45, 7) is 13.5. The van der Waals surface area contributed by atoms with E-state index in [1.54, 1.807) is 34.6 Å². The Hall–Kier alpha value is -4.55. The minimum absolute atomic E-state index is 0.00801. The lowest BCUT2D eigenvalue weighted by molar-refractivity contribution is -0.159. The minimum atomic E-state index is -0.598. The molecule has 2 aliphatic rings. The van der Waals surface area contributed by atoms with Gasteiger partial charge in [-0.2, -0.15) is 0 Å². The summed E-state index contributed by atoms with van der Waals surface area (Å²) >= 11 is 6.92. The molecular formula is C44H57Br2N9O6. The third kappa shape index (κ3) is 13.5. The number of nitrogens with two attached hydrogens (primary N) is 1. The van der Waals surface area contributed by atoms with Crippen molar-refractivity contribution in [3.8, 4) is 0 Å². The third-order valence-electron chi connectivity index (χ3n) is 10.2. The molecule has 17 heteroatoms. The van der Waals surface area contributed by atoms with E-state index in [1.165, 1.54) is 10.0 Å². The Morgan fingerprint density at radius 3 is 1.59 bits per heavy atom. The van der Waals surface area contributed by atoms with Gasteiger partial charge in [0.15, 0.2) is 0 Å². The van der Waals surface area contributed by atoms with Gasteiger partial charge < -0.3 is 21.1 Å². The van der Waals surface area contributed by atoms with Gasteiger partial charge in [0.25, 0.3) is 5.91 Å². The molecule has 2 aromatic heterocycles. The molecule has 4 amide bonds. The van der Waals surface area contributed by atoms with Crippen LogP contribution in [0, 0.1) is 5.92 Å². The number of benzene rings is 2. The van der Waals surface area contributed by atoms with Crippen LogP contribution in [0.5, 0.6) is 0 Å². The predicted molar refractivity (Wildman–Crippen MR) is 241 cm³/mol. The van der Waals surface area contributed by atoms with Gasteiger partial charge in [0.05, 0.1) is 47.0 Å². The lowest BCUT2D eigenvalue weighted by Crippen LogP contribution is -2.60. The van der Waals surface area contributed by atoms with Gasteiger partial charge in [-0.15, -0.1) is 0 Å². The quantitative estimate of drug-likeness (QED) is 0.116. The van der Waals surface area contributed by atoms with Gasteiger partial charge in [-0.05, 0) is 104 Å². The molecule has 2 fully saturated rings. The van der Waals surface area contributed by atoms with Crippen LogP contribution in [0.4, 0.5) is 0 Å². The highest BCUT2D eigenvalue weighted by atomic mass is 79.9. The summed E-state index contributed by atoms with van der Waals surface area (Å²) in [5, 5.41) is 11.0. The highest BCUT2D eigenvalue weighted by molar-refractivity contribution is 9.10. The van der Waals surface area contributed by atoms with Gasteiger partial charge in [-0.1, -0.05) is 63.0 Å². The Balaban J connectivity index is 0.000000237. The van der Waals surface area contributed by atoms with E-state index < -0.39 is 35.6 Å². The standard InChI is InChI=1S/C25H33BrN4O4.C19H24BrN5O2/c1-15(13-22(31)34-25(3,4)5)24(33)30-12-6-7-20(29-30)23(32)27-16(2)19-11-9-17-8-10-18(26)14-21(17)28-19;1-11(21)19(27)25-9-3-4-16(24-25)18(26)22-12(2)15-8-6-13-5-7-14(20)10-17(13)23-15/h8-11,14-16,20,29H,6-7,12-13H2,1-5H3,(H,27,32);5-8,10-12,16,24H,3-4,9,21H2,1-2H3,(H,22,26)/t15-,16-,20+;11-,12+,16-/m10/s1. The maximum Gasteiger partial charge on any atom is 0.307 e. The van der Waals surface area contributed by atoms with Crippen LogP contribution in [0.1, 0.15) is 104 Å². The topological polar surface area (TPSA) is 201 Å². The number of aromatic nitrogens is 2. The molecule has 0 aliphatic carbocycles. The van der Waals surface area contributed by atoms with E-state index in [4.69, 9.17) is 10.5 Å². The number of rotatable bonds is 10. The van der Waals surface area contributed by atoms with Gasteiger partial charge in [0, 0.05) is 38.7 Å². The van der Waals surface area contributed by atoms with Crippen molar-refractivity contribution in [3.05, 3.63) is 81.0 Å². The summed E-state index contributed by atoms with van der Waals surface area (Å²) in [4.78, 5) is 72.0. The van der Waals surface area contributed by atoms with Crippen molar-refractivity contribution in [3.63, 3.8) is 0 Å². The van der Waals surface area contributed by atoms with E-state index >= 15 is 0 Å². The Labute approximate surface area is 373 Å². The number of esters is 1. The summed E-state index contributed by atoms with van der Waals surface area (Å²) in [5.74, 6) is -1.74. The third-order valence-corrected chi connectivity index (χ3v) is 11.2. The van der Waals surface area contributed by atoms with Crippen LogP contribution >= 0.6 is 31.9 Å². The van der Waals surface area contributed by atoms with Crippen LogP contribution in [0.25, 0.3) is 21.8 Å². The average molecular weight is 968 g/mol. The Morgan fingerprint density at radius 2 is 1.16 bits per heavy atom. The molecule has 4 heterocycles. The lowest BCUT2D eigenvalue weighted by atomic mass is 10.0. The first-order valence-corrected chi connectivity index (χ1v) is 22.2. The van der Waals surface area contributed by atoms with Crippen molar-refractivity contribution in [2.45, 2.75) is 116 Å². The number of nitrogens with one attached hydrogen (secondary N) is 4. The molecule has 0 unspecified atom stereocenters. The molecule has 328 valence electrons. The monoisotopic (exact) mass is 965 g/mol. The fraction of sp³-hybridized carbons (Fsp3) is 0.477. The zero-order chi connectivity index (χ0) is 44.6. The van der Waals surface area contributed by atoms with Crippen molar-refractivity contribution >= 4 is 83.3 Å². The van der Waals surface area contributed by atoms with Crippen molar-refractivity contribution < 1.29 is 28.7 Å². The zero-order valence-corrected chi connectivity index (χ0v) is 38.9. The first-order chi connectivity index (χ1) is 28.8. The van der Waals surface area contributed by atoms with E-state index in [0.29, 0.717) is 32.4 Å². The number of carbonyl (C=O) groups excluding carboxylic acids is 5. The molecule has 2 saturated heterocycles. The molecule has 6 rings (SSSR count). The minimum Gasteiger partial charge on any atom is -0.460 e. The van der Waals surface area contributed by atoms with Crippen molar-refractivity contribution in [1.82, 2.24) is 41.5 Å². The number of fused-ring (bicyclic) bond motifs is 2. The average Bonchev–Trinajstić information content (AvgIpc) is 3.21. The molecule has 15 nitrogen and oxygen atoms in total. The fourth-order valence-corrected chi connectivity index (χ4v) is 7.67. The normalized spacial score (nSPS) is 18.9. The number of halogens is 2. The maximum atomic E-state index is 13.0. The van der Waals surface area contributed by atoms with Crippen LogP contribution in [-0.4, -0.2) is 86.4 Å². The second-order valence-electron chi connectivity index (χ2n) is 16.7. The predicted octanol–water partition coefficient (Wildman–Crippen LogP) is 6.06. The molecule has 4 aromatic rings. The number of carbonyl (C=O) groups is 5. The number of ether oxygens (including phenoxy) is 1. The number of nitrogens with zero attached hydrogens (tertiary/aromatic N) is 4. The Kier molecular flexibility index (Phi) is 16.4. The Morgan fingerprint density at radius 1 is 0.738 bits per heavy atom. The Bertz CT molecular complexity index is 2230. The first-order valence-electron chi connectivity index (χ1n) is 20.6. The molecular weight excluding hydrogens is 910 g/mol. The van der Waals surface area contributed by atoms with Gasteiger partial charge in [0.1, 0.15) is 17.7 Å². The van der Waals surface area contributed by atoms with E-state index in [-0.39, 0.29) is 42.1 Å². The molecule has 6 atom stereocenters. The number of hydrazine groups is 2. The zero-order valence-electron chi connectivity index (χ0n) is 35.8. The van der Waals surface area contributed by atoms with Gasteiger partial charge in [-0.25, -0.2) is 10.9 Å². The molecule has 2 aromatic carbocycles. The van der Waals surface area contributed by atoms with Gasteiger partial charge >= 0.3 is 5.97 Å². The van der Waals surface area contributed by atoms with Gasteiger partial charge in [0.2, 0.25) is 17.7 Å². The summed E-state index contributed by atoms with van der Waals surface area (Å²) in [6.07, 6.45) is 2.71. The van der Waals surface area contributed by atoms with E-state index in [0.717, 1.165) is 48.6 Å². The SMILES string of the molecule is C[C@H](CC(=O)OC(C)(C)C)C(=O)N1CCC[C@@H](C(=O)N[C@H](C)c2ccc3ccc(Br)cc3n2)N1.C[C@H](N)C(=O)N1CCC[C@@H](C(=O)N[C@H](C)c2ccc3ccc(Br)cc3n2)N1. The second-order valence-corrected chi connectivity index (χ2v) is 18.5. The van der Waals surface area contributed by atoms with Crippen LogP contribution in [0.15, 0.2) is 69.6 Å². The lowest BCUT2D eigenvalue weighted by Gasteiger charge is -2.35. The largest absolute Gasteiger partial charge is 0.460 e. The van der Waals surface area contributed by atoms with Crippen LogP contribution in [0.2, 0.25) is 0 Å². The number of amides is 4. The summed E-state index contributed by atoms with van der Waals surface area (Å²) in [5.41, 5.74) is 14.4. The molecule has 6 N–H and O–H groups in total. The molecule has 61 heavy (non-hydrogen) atoms. The molecule has 0 bridgehead atoms. The van der Waals surface area contributed by atoms with E-state index in [9.17, 15) is 24.0 Å². The number of hydrogen-bond donors (Lipinski definition) is 5. The highest BCUT2D eigenvalue weighted by Crippen LogP contribution is 2.23. The number of hydrogen-bond acceptors (Lipinski definition) is 11. The van der Waals surface area contributed by atoms with Crippen LogP contribution < -0.4 is 27.2 Å². The molecule has 0 saturated carbocycles. The van der Waals surface area contributed by atoms with Crippen molar-refractivity contribution in [1.29, 1.82) is 0 Å². The second kappa shape index (κ2) is 21.0. The van der Waals surface area contributed by atoms with E-state index in [2.05, 4.69) is 63.3 Å². The number of pyridine rings is 2. The maximum absolute atomic E-state index is 13.0. The van der Waals surface area contributed by atoms with Crippen molar-refractivity contribution in [2.24, 2.45) is 11.7 Å². The molecule has 0 spiro atoms.